The molecule has 3 heteroatoms. The SMILES string of the molecule is CCCCCCCC(NCCC)c1cc(F)cc(F)c1. The number of nitrogens with one attached hydrogen (secondary N) is 1. The van der Waals surface area contributed by atoms with Gasteiger partial charge in [-0.15, -0.1) is 0 Å². The van der Waals surface area contributed by atoms with Crippen molar-refractivity contribution in [2.75, 3.05) is 6.54 Å². The van der Waals surface area contributed by atoms with Crippen molar-refractivity contribution in [3.05, 3.63) is 35.4 Å². The molecule has 0 spiro atoms. The van der Waals surface area contributed by atoms with Gasteiger partial charge in [0, 0.05) is 12.1 Å². The van der Waals surface area contributed by atoms with E-state index in [1.165, 1.54) is 37.8 Å². The third kappa shape index (κ3) is 6.47. The molecular weight excluding hydrogens is 256 g/mol. The van der Waals surface area contributed by atoms with Crippen LogP contribution in [-0.2, 0) is 0 Å². The molecule has 1 nitrogen and oxygen atoms in total. The van der Waals surface area contributed by atoms with E-state index in [2.05, 4.69) is 19.2 Å². The van der Waals surface area contributed by atoms with Crippen LogP contribution in [0, 0.1) is 11.6 Å². The number of hydrogen-bond donors (Lipinski definition) is 1. The number of rotatable bonds is 10. The van der Waals surface area contributed by atoms with Gasteiger partial charge < -0.3 is 5.32 Å². The summed E-state index contributed by atoms with van der Waals surface area (Å²) >= 11 is 0. The summed E-state index contributed by atoms with van der Waals surface area (Å²) in [5, 5.41) is 3.40. The molecule has 0 fully saturated rings. The monoisotopic (exact) mass is 283 g/mol. The van der Waals surface area contributed by atoms with Gasteiger partial charge in [-0.1, -0.05) is 46.0 Å². The average molecular weight is 283 g/mol. The van der Waals surface area contributed by atoms with E-state index in [0.717, 1.165) is 37.4 Å². The van der Waals surface area contributed by atoms with Gasteiger partial charge in [0.05, 0.1) is 0 Å². The second-order valence-electron chi connectivity index (χ2n) is 5.41. The van der Waals surface area contributed by atoms with E-state index in [9.17, 15) is 8.78 Å². The zero-order chi connectivity index (χ0) is 14.8. The molecular formula is C17H27F2N. The fraction of sp³-hybridized carbons (Fsp3) is 0.647. The quantitative estimate of drug-likeness (QED) is 0.569. The lowest BCUT2D eigenvalue weighted by molar-refractivity contribution is 0.462. The van der Waals surface area contributed by atoms with Gasteiger partial charge >= 0.3 is 0 Å². The number of halogens is 2. The second-order valence-corrected chi connectivity index (χ2v) is 5.41. The van der Waals surface area contributed by atoms with E-state index in [0.29, 0.717) is 0 Å². The van der Waals surface area contributed by atoms with Gasteiger partial charge in [-0.05, 0) is 37.1 Å². The van der Waals surface area contributed by atoms with E-state index in [1.807, 2.05) is 0 Å². The maximum absolute atomic E-state index is 13.3. The van der Waals surface area contributed by atoms with Gasteiger partial charge in [0.25, 0.3) is 0 Å². The van der Waals surface area contributed by atoms with Gasteiger partial charge in [-0.2, -0.15) is 0 Å². The van der Waals surface area contributed by atoms with Crippen LogP contribution in [0.4, 0.5) is 8.78 Å². The molecule has 1 unspecified atom stereocenters. The molecule has 0 saturated heterocycles. The van der Waals surface area contributed by atoms with Gasteiger partial charge in [0.1, 0.15) is 11.6 Å². The normalized spacial score (nSPS) is 12.6. The standard InChI is InChI=1S/C17H27F2N/c1-3-5-6-7-8-9-17(20-10-4-2)14-11-15(18)13-16(19)12-14/h11-13,17,20H,3-10H2,1-2H3. The van der Waals surface area contributed by atoms with Crippen molar-refractivity contribution in [1.82, 2.24) is 5.32 Å². The Hall–Kier alpha value is -0.960. The minimum Gasteiger partial charge on any atom is -0.310 e. The van der Waals surface area contributed by atoms with Crippen LogP contribution >= 0.6 is 0 Å². The maximum atomic E-state index is 13.3. The first-order valence-electron chi connectivity index (χ1n) is 7.86. The van der Waals surface area contributed by atoms with E-state index in [1.54, 1.807) is 0 Å². The summed E-state index contributed by atoms with van der Waals surface area (Å²) in [7, 11) is 0. The Morgan fingerprint density at radius 1 is 0.900 bits per heavy atom. The van der Waals surface area contributed by atoms with E-state index in [4.69, 9.17) is 0 Å². The molecule has 1 rings (SSSR count). The lowest BCUT2D eigenvalue weighted by atomic mass is 9.99. The van der Waals surface area contributed by atoms with Crippen molar-refractivity contribution in [1.29, 1.82) is 0 Å². The summed E-state index contributed by atoms with van der Waals surface area (Å²) in [5.41, 5.74) is 0.728. The summed E-state index contributed by atoms with van der Waals surface area (Å²) in [6.45, 7) is 5.16. The fourth-order valence-corrected chi connectivity index (χ4v) is 2.43. The van der Waals surface area contributed by atoms with Gasteiger partial charge in [0.2, 0.25) is 0 Å². The smallest absolute Gasteiger partial charge is 0.126 e. The molecule has 0 radical (unpaired) electrons. The highest BCUT2D eigenvalue weighted by Gasteiger charge is 2.12. The minimum absolute atomic E-state index is 0.0572. The molecule has 0 aliphatic heterocycles. The first kappa shape index (κ1) is 17.1. The van der Waals surface area contributed by atoms with Crippen molar-refractivity contribution < 1.29 is 8.78 Å². The summed E-state index contributed by atoms with van der Waals surface area (Å²) in [5.74, 6) is -0.983. The summed E-state index contributed by atoms with van der Waals surface area (Å²) < 4.78 is 26.7. The zero-order valence-electron chi connectivity index (χ0n) is 12.7. The largest absolute Gasteiger partial charge is 0.310 e. The Labute approximate surface area is 121 Å². The molecule has 0 aliphatic rings. The molecule has 1 aromatic carbocycles. The third-order valence-corrected chi connectivity index (χ3v) is 3.52. The van der Waals surface area contributed by atoms with E-state index in [-0.39, 0.29) is 6.04 Å². The molecule has 1 atom stereocenters. The molecule has 0 aliphatic carbocycles. The Morgan fingerprint density at radius 3 is 2.15 bits per heavy atom. The molecule has 0 aromatic heterocycles. The van der Waals surface area contributed by atoms with Gasteiger partial charge in [-0.3, -0.25) is 0 Å². The molecule has 1 aromatic rings. The lowest BCUT2D eigenvalue weighted by Gasteiger charge is -2.19. The number of hydrogen-bond acceptors (Lipinski definition) is 1. The maximum Gasteiger partial charge on any atom is 0.126 e. The van der Waals surface area contributed by atoms with Crippen LogP contribution in [-0.4, -0.2) is 6.54 Å². The second kappa shape index (κ2) is 9.87. The molecule has 0 amide bonds. The van der Waals surface area contributed by atoms with Crippen LogP contribution in [0.3, 0.4) is 0 Å². The molecule has 0 bridgehead atoms. The van der Waals surface area contributed by atoms with Crippen LogP contribution in [0.5, 0.6) is 0 Å². The fourth-order valence-electron chi connectivity index (χ4n) is 2.43. The van der Waals surface area contributed by atoms with Crippen LogP contribution in [0.15, 0.2) is 18.2 Å². The zero-order valence-corrected chi connectivity index (χ0v) is 12.7. The highest BCUT2D eigenvalue weighted by Crippen LogP contribution is 2.22. The topological polar surface area (TPSA) is 12.0 Å². The third-order valence-electron chi connectivity index (χ3n) is 3.52. The van der Waals surface area contributed by atoms with Crippen molar-refractivity contribution >= 4 is 0 Å². The Balaban J connectivity index is 2.58. The van der Waals surface area contributed by atoms with Gasteiger partial charge in [0.15, 0.2) is 0 Å². The molecule has 20 heavy (non-hydrogen) atoms. The summed E-state index contributed by atoms with van der Waals surface area (Å²) in [4.78, 5) is 0. The first-order valence-corrected chi connectivity index (χ1v) is 7.86. The van der Waals surface area contributed by atoms with Crippen molar-refractivity contribution in [2.24, 2.45) is 0 Å². The predicted octanol–water partition coefficient (Wildman–Crippen LogP) is 5.37. The Kier molecular flexibility index (Phi) is 8.43. The predicted molar refractivity (Wildman–Crippen MR) is 80.8 cm³/mol. The van der Waals surface area contributed by atoms with E-state index >= 15 is 0 Å². The lowest BCUT2D eigenvalue weighted by Crippen LogP contribution is -2.22. The summed E-state index contributed by atoms with van der Waals surface area (Å²) in [6.07, 6.45) is 7.98. The molecule has 0 heterocycles. The highest BCUT2D eigenvalue weighted by atomic mass is 19.1. The van der Waals surface area contributed by atoms with Crippen LogP contribution in [0.25, 0.3) is 0 Å². The van der Waals surface area contributed by atoms with Crippen LogP contribution in [0.1, 0.15) is 70.4 Å². The first-order chi connectivity index (χ1) is 9.67. The Bertz CT molecular complexity index is 359. The molecule has 114 valence electrons. The van der Waals surface area contributed by atoms with Crippen LogP contribution in [0.2, 0.25) is 0 Å². The highest BCUT2D eigenvalue weighted by molar-refractivity contribution is 5.21. The summed E-state index contributed by atoms with van der Waals surface area (Å²) in [6, 6.07) is 3.88. The van der Waals surface area contributed by atoms with E-state index < -0.39 is 11.6 Å². The van der Waals surface area contributed by atoms with Gasteiger partial charge in [-0.25, -0.2) is 8.78 Å². The van der Waals surface area contributed by atoms with Crippen molar-refractivity contribution in [3.63, 3.8) is 0 Å². The number of unbranched alkanes of at least 4 members (excludes halogenated alkanes) is 4. The molecule has 1 N–H and O–H groups in total. The number of benzene rings is 1. The van der Waals surface area contributed by atoms with Crippen molar-refractivity contribution in [2.45, 2.75) is 64.8 Å². The minimum atomic E-state index is -0.491. The Morgan fingerprint density at radius 2 is 1.55 bits per heavy atom. The van der Waals surface area contributed by atoms with Crippen molar-refractivity contribution in [3.8, 4) is 0 Å². The molecule has 0 saturated carbocycles. The average Bonchev–Trinajstić information content (AvgIpc) is 2.40. The van der Waals surface area contributed by atoms with Crippen LogP contribution < -0.4 is 5.32 Å².